The van der Waals surface area contributed by atoms with E-state index in [0.717, 1.165) is 11.4 Å². The van der Waals surface area contributed by atoms with Crippen molar-refractivity contribution in [3.8, 4) is 0 Å². The molecule has 3 nitrogen and oxygen atoms in total. The summed E-state index contributed by atoms with van der Waals surface area (Å²) in [6.07, 6.45) is 3.80. The molecule has 0 saturated heterocycles. The van der Waals surface area contributed by atoms with Crippen molar-refractivity contribution in [1.82, 2.24) is 9.78 Å². The van der Waals surface area contributed by atoms with Crippen LogP contribution in [-0.4, -0.2) is 9.78 Å². The molecule has 0 spiro atoms. The number of anilines is 2. The summed E-state index contributed by atoms with van der Waals surface area (Å²) in [4.78, 5) is 0. The molecule has 16 heavy (non-hydrogen) atoms. The maximum atomic E-state index is 4.14. The van der Waals surface area contributed by atoms with Crippen molar-refractivity contribution in [3.05, 3.63) is 42.2 Å². The third-order valence-corrected chi connectivity index (χ3v) is 2.57. The number of benzene rings is 1. The molecule has 0 unspecified atom stereocenters. The molecule has 1 aromatic heterocycles. The minimum absolute atomic E-state index is 0.514. The quantitative estimate of drug-likeness (QED) is 0.851. The molecule has 2 aromatic rings. The van der Waals surface area contributed by atoms with Gasteiger partial charge in [0.15, 0.2) is 0 Å². The summed E-state index contributed by atoms with van der Waals surface area (Å²) in [6.45, 7) is 4.40. The highest BCUT2D eigenvalue weighted by Crippen LogP contribution is 2.26. The minimum atomic E-state index is 0.514. The molecule has 1 aromatic carbocycles. The van der Waals surface area contributed by atoms with Crippen LogP contribution in [0.5, 0.6) is 0 Å². The average molecular weight is 215 g/mol. The van der Waals surface area contributed by atoms with Crippen LogP contribution in [-0.2, 0) is 7.05 Å². The van der Waals surface area contributed by atoms with Gasteiger partial charge in [-0.25, -0.2) is 0 Å². The zero-order chi connectivity index (χ0) is 11.5. The van der Waals surface area contributed by atoms with E-state index in [-0.39, 0.29) is 0 Å². The SMILES string of the molecule is CC(C)c1ccccc1Nc1cnn(C)c1. The number of aryl methyl sites for hydroxylation is 1. The zero-order valence-electron chi connectivity index (χ0n) is 9.94. The first-order valence-electron chi connectivity index (χ1n) is 5.51. The molecule has 0 aliphatic heterocycles. The fraction of sp³-hybridized carbons (Fsp3) is 0.308. The summed E-state index contributed by atoms with van der Waals surface area (Å²) < 4.78 is 1.79. The average Bonchev–Trinajstić information content (AvgIpc) is 2.64. The van der Waals surface area contributed by atoms with E-state index in [9.17, 15) is 0 Å². The number of aromatic nitrogens is 2. The van der Waals surface area contributed by atoms with Crippen LogP contribution in [0.3, 0.4) is 0 Å². The van der Waals surface area contributed by atoms with Crippen molar-refractivity contribution >= 4 is 11.4 Å². The molecule has 0 aliphatic rings. The third kappa shape index (κ3) is 2.24. The van der Waals surface area contributed by atoms with Crippen LogP contribution >= 0.6 is 0 Å². The Bertz CT molecular complexity index is 472. The monoisotopic (exact) mass is 215 g/mol. The Morgan fingerprint density at radius 3 is 2.62 bits per heavy atom. The van der Waals surface area contributed by atoms with Gasteiger partial charge in [0.05, 0.1) is 11.9 Å². The predicted molar refractivity (Wildman–Crippen MR) is 67.0 cm³/mol. The molecule has 0 amide bonds. The van der Waals surface area contributed by atoms with Crippen LogP contribution in [0.1, 0.15) is 25.3 Å². The molecule has 0 bridgehead atoms. The fourth-order valence-electron chi connectivity index (χ4n) is 1.76. The van der Waals surface area contributed by atoms with Crippen molar-refractivity contribution in [3.63, 3.8) is 0 Å². The lowest BCUT2D eigenvalue weighted by molar-refractivity contribution is 0.768. The first-order valence-corrected chi connectivity index (χ1v) is 5.51. The number of rotatable bonds is 3. The van der Waals surface area contributed by atoms with Gasteiger partial charge in [0, 0.05) is 18.9 Å². The maximum Gasteiger partial charge on any atom is 0.0770 e. The van der Waals surface area contributed by atoms with E-state index in [4.69, 9.17) is 0 Å². The van der Waals surface area contributed by atoms with Crippen molar-refractivity contribution in [1.29, 1.82) is 0 Å². The number of nitrogens with zero attached hydrogens (tertiary/aromatic N) is 2. The molecule has 0 saturated carbocycles. The van der Waals surface area contributed by atoms with Gasteiger partial charge >= 0.3 is 0 Å². The normalized spacial score (nSPS) is 10.8. The van der Waals surface area contributed by atoms with Crippen LogP contribution in [0, 0.1) is 0 Å². The van der Waals surface area contributed by atoms with E-state index in [0.29, 0.717) is 5.92 Å². The summed E-state index contributed by atoms with van der Waals surface area (Å²) in [5.41, 5.74) is 3.51. The number of hydrogen-bond donors (Lipinski definition) is 1. The summed E-state index contributed by atoms with van der Waals surface area (Å²) >= 11 is 0. The first kappa shape index (κ1) is 10.7. The van der Waals surface area contributed by atoms with Crippen LogP contribution < -0.4 is 5.32 Å². The predicted octanol–water partition coefficient (Wildman–Crippen LogP) is 3.29. The second-order valence-corrected chi connectivity index (χ2v) is 4.27. The van der Waals surface area contributed by atoms with Gasteiger partial charge < -0.3 is 5.32 Å². The Morgan fingerprint density at radius 2 is 2.00 bits per heavy atom. The smallest absolute Gasteiger partial charge is 0.0770 e. The maximum absolute atomic E-state index is 4.14. The van der Waals surface area contributed by atoms with Gasteiger partial charge in [-0.05, 0) is 17.5 Å². The van der Waals surface area contributed by atoms with Crippen molar-refractivity contribution in [2.24, 2.45) is 7.05 Å². The molecule has 2 rings (SSSR count). The van der Waals surface area contributed by atoms with E-state index in [1.165, 1.54) is 5.56 Å². The van der Waals surface area contributed by atoms with Crippen LogP contribution in [0.15, 0.2) is 36.7 Å². The van der Waals surface area contributed by atoms with Gasteiger partial charge in [0.25, 0.3) is 0 Å². The summed E-state index contributed by atoms with van der Waals surface area (Å²) in [7, 11) is 1.92. The summed E-state index contributed by atoms with van der Waals surface area (Å²) in [5, 5.41) is 7.53. The van der Waals surface area contributed by atoms with Crippen molar-refractivity contribution in [2.75, 3.05) is 5.32 Å². The van der Waals surface area contributed by atoms with Crippen LogP contribution in [0.2, 0.25) is 0 Å². The van der Waals surface area contributed by atoms with Gasteiger partial charge in [-0.1, -0.05) is 32.0 Å². The standard InChI is InChI=1S/C13H17N3/c1-10(2)12-6-4-5-7-13(12)15-11-8-14-16(3)9-11/h4-10,15H,1-3H3. The Kier molecular flexibility index (Phi) is 2.95. The van der Waals surface area contributed by atoms with Gasteiger partial charge in [-0.3, -0.25) is 4.68 Å². The molecule has 0 atom stereocenters. The molecular weight excluding hydrogens is 198 g/mol. The van der Waals surface area contributed by atoms with E-state index in [1.54, 1.807) is 4.68 Å². The Balaban J connectivity index is 2.27. The highest BCUT2D eigenvalue weighted by molar-refractivity contribution is 5.62. The molecule has 1 heterocycles. The molecule has 0 aliphatic carbocycles. The minimum Gasteiger partial charge on any atom is -0.353 e. The Labute approximate surface area is 96.1 Å². The largest absolute Gasteiger partial charge is 0.353 e. The lowest BCUT2D eigenvalue weighted by Gasteiger charge is -2.13. The molecule has 0 fully saturated rings. The van der Waals surface area contributed by atoms with Crippen LogP contribution in [0.4, 0.5) is 11.4 Å². The molecular formula is C13H17N3. The molecule has 1 N–H and O–H groups in total. The van der Waals surface area contributed by atoms with Gasteiger partial charge in [0.2, 0.25) is 0 Å². The summed E-state index contributed by atoms with van der Waals surface area (Å²) in [5.74, 6) is 0.514. The highest BCUT2D eigenvalue weighted by Gasteiger charge is 2.06. The zero-order valence-corrected chi connectivity index (χ0v) is 9.94. The lowest BCUT2D eigenvalue weighted by Crippen LogP contribution is -1.96. The molecule has 84 valence electrons. The second-order valence-electron chi connectivity index (χ2n) is 4.27. The van der Waals surface area contributed by atoms with Gasteiger partial charge in [-0.15, -0.1) is 0 Å². The molecule has 0 radical (unpaired) electrons. The highest BCUT2D eigenvalue weighted by atomic mass is 15.3. The van der Waals surface area contributed by atoms with Crippen molar-refractivity contribution < 1.29 is 0 Å². The third-order valence-electron chi connectivity index (χ3n) is 2.57. The van der Waals surface area contributed by atoms with E-state index < -0.39 is 0 Å². The first-order chi connectivity index (χ1) is 7.66. The topological polar surface area (TPSA) is 29.9 Å². The number of nitrogens with one attached hydrogen (secondary N) is 1. The van der Waals surface area contributed by atoms with Gasteiger partial charge in [0.1, 0.15) is 0 Å². The fourth-order valence-corrected chi connectivity index (χ4v) is 1.76. The Hall–Kier alpha value is -1.77. The second kappa shape index (κ2) is 4.39. The lowest BCUT2D eigenvalue weighted by atomic mass is 10.0. The van der Waals surface area contributed by atoms with Crippen molar-refractivity contribution in [2.45, 2.75) is 19.8 Å². The van der Waals surface area contributed by atoms with Gasteiger partial charge in [-0.2, -0.15) is 5.10 Å². The Morgan fingerprint density at radius 1 is 1.25 bits per heavy atom. The number of para-hydroxylation sites is 1. The number of hydrogen-bond acceptors (Lipinski definition) is 2. The van der Waals surface area contributed by atoms with Crippen LogP contribution in [0.25, 0.3) is 0 Å². The van der Waals surface area contributed by atoms with E-state index in [1.807, 2.05) is 25.5 Å². The summed E-state index contributed by atoms with van der Waals surface area (Å²) in [6, 6.07) is 8.38. The van der Waals surface area contributed by atoms with E-state index >= 15 is 0 Å². The molecule has 3 heteroatoms. The van der Waals surface area contributed by atoms with E-state index in [2.05, 4.69) is 42.5 Å².